The monoisotopic (exact) mass is 420 g/mol. The molecule has 4 atom stereocenters. The SMILES string of the molecule is [B][C@@H]1O[C@@]2(CC(=O)OCc3ccccc3)CCCOC1C2C(=O)OCc1ccccc1. The Kier molecular flexibility index (Phi) is 6.73. The lowest BCUT2D eigenvalue weighted by atomic mass is 9.78. The van der Waals surface area contributed by atoms with Crippen LogP contribution in [0.3, 0.4) is 0 Å². The molecule has 2 fully saturated rings. The molecule has 0 aliphatic carbocycles. The van der Waals surface area contributed by atoms with Crippen LogP contribution in [0.15, 0.2) is 60.7 Å². The van der Waals surface area contributed by atoms with E-state index in [0.717, 1.165) is 11.1 Å². The Hall–Kier alpha value is -2.64. The number of fused-ring (bicyclic) bond motifs is 2. The van der Waals surface area contributed by atoms with Crippen LogP contribution in [0, 0.1) is 5.92 Å². The third-order valence-corrected chi connectivity index (χ3v) is 5.81. The largest absolute Gasteiger partial charge is 0.461 e. The fraction of sp³-hybridized carbons (Fsp3) is 0.417. The Balaban J connectivity index is 1.46. The van der Waals surface area contributed by atoms with E-state index in [0.29, 0.717) is 19.4 Å². The van der Waals surface area contributed by atoms with Gasteiger partial charge in [0.05, 0.1) is 18.1 Å². The summed E-state index contributed by atoms with van der Waals surface area (Å²) in [5.74, 6) is -1.71. The molecule has 2 aliphatic heterocycles. The van der Waals surface area contributed by atoms with Crippen molar-refractivity contribution in [2.75, 3.05) is 6.61 Å². The van der Waals surface area contributed by atoms with E-state index in [9.17, 15) is 9.59 Å². The second kappa shape index (κ2) is 9.66. The molecule has 2 saturated heterocycles. The van der Waals surface area contributed by atoms with Crippen LogP contribution in [-0.4, -0.2) is 44.1 Å². The quantitative estimate of drug-likeness (QED) is 0.507. The Labute approximate surface area is 183 Å². The van der Waals surface area contributed by atoms with Gasteiger partial charge in [-0.15, -0.1) is 0 Å². The summed E-state index contributed by atoms with van der Waals surface area (Å²) < 4.78 is 22.9. The van der Waals surface area contributed by atoms with Gasteiger partial charge in [-0.3, -0.25) is 9.59 Å². The second-order valence-corrected chi connectivity index (χ2v) is 7.98. The molecule has 2 aliphatic rings. The van der Waals surface area contributed by atoms with Crippen LogP contribution in [0.1, 0.15) is 30.4 Å². The van der Waals surface area contributed by atoms with E-state index in [1.807, 2.05) is 60.7 Å². The van der Waals surface area contributed by atoms with Gasteiger partial charge >= 0.3 is 11.9 Å². The number of carbonyl (C=O) groups is 2. The van der Waals surface area contributed by atoms with Crippen molar-refractivity contribution in [3.8, 4) is 0 Å². The highest BCUT2D eigenvalue weighted by molar-refractivity contribution is 6.12. The molecule has 7 heteroatoms. The fourth-order valence-electron chi connectivity index (χ4n) is 4.34. The lowest BCUT2D eigenvalue weighted by molar-refractivity contribution is -0.164. The molecule has 4 rings (SSSR count). The molecule has 160 valence electrons. The maximum Gasteiger partial charge on any atom is 0.314 e. The van der Waals surface area contributed by atoms with E-state index in [-0.39, 0.29) is 19.6 Å². The van der Waals surface area contributed by atoms with Gasteiger partial charge in [0.1, 0.15) is 27.0 Å². The lowest BCUT2D eigenvalue weighted by Crippen LogP contribution is -2.45. The van der Waals surface area contributed by atoms with Gasteiger partial charge < -0.3 is 18.9 Å². The fourth-order valence-corrected chi connectivity index (χ4v) is 4.34. The van der Waals surface area contributed by atoms with Gasteiger partial charge in [0, 0.05) is 12.6 Å². The summed E-state index contributed by atoms with van der Waals surface area (Å²) in [5.41, 5.74) is 0.667. The van der Waals surface area contributed by atoms with Gasteiger partial charge in [-0.2, -0.15) is 0 Å². The zero-order chi connectivity index (χ0) is 21.7. The molecular weight excluding hydrogens is 395 g/mol. The minimum Gasteiger partial charge on any atom is -0.461 e. The molecule has 2 unspecified atom stereocenters. The van der Waals surface area contributed by atoms with Gasteiger partial charge in [-0.25, -0.2) is 0 Å². The highest BCUT2D eigenvalue weighted by atomic mass is 16.6. The summed E-state index contributed by atoms with van der Waals surface area (Å²) in [7, 11) is 6.14. The Morgan fingerprint density at radius 2 is 1.58 bits per heavy atom. The second-order valence-electron chi connectivity index (χ2n) is 7.98. The topological polar surface area (TPSA) is 71.1 Å². The van der Waals surface area contributed by atoms with Crippen molar-refractivity contribution in [2.24, 2.45) is 5.92 Å². The van der Waals surface area contributed by atoms with Crippen molar-refractivity contribution < 1.29 is 28.5 Å². The highest BCUT2D eigenvalue weighted by Gasteiger charge is 2.59. The van der Waals surface area contributed by atoms with E-state index in [1.54, 1.807) is 0 Å². The van der Waals surface area contributed by atoms with E-state index in [4.69, 9.17) is 26.8 Å². The van der Waals surface area contributed by atoms with Crippen LogP contribution < -0.4 is 0 Å². The van der Waals surface area contributed by atoms with Gasteiger partial charge in [0.25, 0.3) is 0 Å². The molecule has 2 aromatic rings. The zero-order valence-corrected chi connectivity index (χ0v) is 17.3. The first-order chi connectivity index (χ1) is 15.1. The first-order valence-corrected chi connectivity index (χ1v) is 10.5. The third kappa shape index (κ3) is 5.00. The highest BCUT2D eigenvalue weighted by Crippen LogP contribution is 2.46. The van der Waals surface area contributed by atoms with Crippen LogP contribution >= 0.6 is 0 Å². The van der Waals surface area contributed by atoms with E-state index in [2.05, 4.69) is 0 Å². The summed E-state index contributed by atoms with van der Waals surface area (Å²) in [6.45, 7) is 0.739. The molecule has 0 aromatic heterocycles. The summed E-state index contributed by atoms with van der Waals surface area (Å²) >= 11 is 0. The summed E-state index contributed by atoms with van der Waals surface area (Å²) in [6.07, 6.45) is 0.367. The lowest BCUT2D eigenvalue weighted by Gasteiger charge is -2.32. The molecule has 2 aromatic carbocycles. The van der Waals surface area contributed by atoms with Crippen molar-refractivity contribution in [1.29, 1.82) is 0 Å². The van der Waals surface area contributed by atoms with Gasteiger partial charge in [0.2, 0.25) is 0 Å². The molecule has 0 N–H and O–H groups in total. The van der Waals surface area contributed by atoms with Gasteiger partial charge in [-0.1, -0.05) is 60.7 Å². The van der Waals surface area contributed by atoms with E-state index in [1.165, 1.54) is 0 Å². The number of carbonyl (C=O) groups excluding carboxylic acids is 2. The predicted octanol–water partition coefficient (Wildman–Crippen LogP) is 2.92. The normalized spacial score (nSPS) is 27.3. The Morgan fingerprint density at radius 1 is 0.968 bits per heavy atom. The number of ether oxygens (including phenoxy) is 4. The predicted molar refractivity (Wildman–Crippen MR) is 113 cm³/mol. The Morgan fingerprint density at radius 3 is 2.23 bits per heavy atom. The van der Waals surface area contributed by atoms with Crippen LogP contribution in [0.2, 0.25) is 0 Å². The number of esters is 2. The summed E-state index contributed by atoms with van der Waals surface area (Å²) in [5, 5.41) is 0. The third-order valence-electron chi connectivity index (χ3n) is 5.81. The van der Waals surface area contributed by atoms with Crippen molar-refractivity contribution >= 4 is 19.8 Å². The number of hydrogen-bond donors (Lipinski definition) is 0. The molecule has 0 amide bonds. The summed E-state index contributed by atoms with van der Waals surface area (Å²) in [4.78, 5) is 25.8. The minimum atomic E-state index is -1.10. The molecule has 0 saturated carbocycles. The number of benzene rings is 2. The molecule has 0 spiro atoms. The Bertz CT molecular complexity index is 889. The van der Waals surface area contributed by atoms with Crippen molar-refractivity contribution in [2.45, 2.75) is 50.2 Å². The van der Waals surface area contributed by atoms with Crippen LogP contribution in [-0.2, 0) is 41.8 Å². The zero-order valence-electron chi connectivity index (χ0n) is 17.3. The summed E-state index contributed by atoms with van der Waals surface area (Å²) in [6, 6.07) is 18.0. The molecular formula is C24H25BO6. The first-order valence-electron chi connectivity index (χ1n) is 10.5. The maximum atomic E-state index is 13.1. The average molecular weight is 420 g/mol. The average Bonchev–Trinajstić information content (AvgIpc) is 2.92. The standard InChI is InChI=1S/C24H25BO6/c25-22-21-20(23(27)30-16-18-10-5-2-6-11-18)24(31-22,12-7-13-28-21)14-19(26)29-15-17-8-3-1-4-9-17/h1-6,8-11,20-22H,7,12-16H2/t20?,21?,22-,24-/m1/s1. The van der Waals surface area contributed by atoms with Gasteiger partial charge in [0.15, 0.2) is 0 Å². The van der Waals surface area contributed by atoms with Crippen molar-refractivity contribution in [3.63, 3.8) is 0 Å². The van der Waals surface area contributed by atoms with Crippen LogP contribution in [0.4, 0.5) is 0 Å². The van der Waals surface area contributed by atoms with Crippen LogP contribution in [0.5, 0.6) is 0 Å². The molecule has 2 heterocycles. The van der Waals surface area contributed by atoms with Crippen LogP contribution in [0.25, 0.3) is 0 Å². The van der Waals surface area contributed by atoms with Crippen molar-refractivity contribution in [3.05, 3.63) is 71.8 Å². The van der Waals surface area contributed by atoms with E-state index >= 15 is 0 Å². The van der Waals surface area contributed by atoms with E-state index < -0.39 is 35.6 Å². The molecule has 2 radical (unpaired) electrons. The number of rotatable bonds is 7. The van der Waals surface area contributed by atoms with Gasteiger partial charge in [-0.05, 0) is 24.0 Å². The first kappa shape index (κ1) is 21.6. The molecule has 6 nitrogen and oxygen atoms in total. The maximum absolute atomic E-state index is 13.1. The minimum absolute atomic E-state index is 0.0848. The molecule has 31 heavy (non-hydrogen) atoms. The number of hydrogen-bond acceptors (Lipinski definition) is 6. The van der Waals surface area contributed by atoms with Crippen molar-refractivity contribution in [1.82, 2.24) is 0 Å². The smallest absolute Gasteiger partial charge is 0.314 e. The molecule has 2 bridgehead atoms.